The minimum Gasteiger partial charge on any atom is -0.468 e. The quantitative estimate of drug-likeness (QED) is 0.375. The summed E-state index contributed by atoms with van der Waals surface area (Å²) in [6.07, 6.45) is -3.87. The van der Waals surface area contributed by atoms with E-state index in [4.69, 9.17) is 0 Å². The molecule has 0 saturated carbocycles. The zero-order valence-electron chi connectivity index (χ0n) is 15.9. The van der Waals surface area contributed by atoms with Crippen molar-refractivity contribution in [2.24, 2.45) is 0 Å². The molecule has 2 rings (SSSR count). The lowest BCUT2D eigenvalue weighted by Crippen LogP contribution is -2.33. The lowest BCUT2D eigenvalue weighted by molar-refractivity contribution is -0.384. The number of halogens is 3. The molecule has 0 unspecified atom stereocenters. The predicted octanol–water partition coefficient (Wildman–Crippen LogP) is 2.84. The van der Waals surface area contributed by atoms with Gasteiger partial charge >= 0.3 is 12.1 Å². The number of benzene rings is 1. The summed E-state index contributed by atoms with van der Waals surface area (Å²) in [6, 6.07) is 5.40. The van der Waals surface area contributed by atoms with Crippen LogP contribution >= 0.6 is 0 Å². The first-order valence-corrected chi connectivity index (χ1v) is 8.75. The third-order valence-corrected chi connectivity index (χ3v) is 4.29. The third-order valence-electron chi connectivity index (χ3n) is 4.29. The Morgan fingerprint density at radius 2 is 1.83 bits per heavy atom. The molecule has 2 aromatic rings. The van der Waals surface area contributed by atoms with Crippen LogP contribution in [0.2, 0.25) is 0 Å². The summed E-state index contributed by atoms with van der Waals surface area (Å²) >= 11 is 0. The number of nitro benzene ring substituents is 1. The predicted molar refractivity (Wildman–Crippen MR) is 96.7 cm³/mol. The minimum absolute atomic E-state index is 0.0157. The summed E-state index contributed by atoms with van der Waals surface area (Å²) in [6.45, 7) is -0.277. The number of rotatable bonds is 8. The van der Waals surface area contributed by atoms with Crippen molar-refractivity contribution in [3.8, 4) is 0 Å². The van der Waals surface area contributed by atoms with Crippen LogP contribution in [0, 0.1) is 10.1 Å². The number of hydrogen-bond acceptors (Lipinski definition) is 5. The van der Waals surface area contributed by atoms with Gasteiger partial charge in [-0.05, 0) is 12.0 Å². The van der Waals surface area contributed by atoms with E-state index in [0.29, 0.717) is 22.4 Å². The Morgan fingerprint density at radius 1 is 1.21 bits per heavy atom. The number of methoxy groups -OCH3 is 1. The number of ether oxygens (including phenoxy) is 1. The van der Waals surface area contributed by atoms with Crippen LogP contribution in [0.1, 0.15) is 30.2 Å². The smallest absolute Gasteiger partial charge is 0.408 e. The number of carbonyl (C=O) groups is 1. The Balaban J connectivity index is 2.56. The van der Waals surface area contributed by atoms with Crippen molar-refractivity contribution in [3.05, 3.63) is 61.6 Å². The van der Waals surface area contributed by atoms with Gasteiger partial charge in [0.05, 0.1) is 12.0 Å². The molecule has 0 bridgehead atoms. The molecule has 0 amide bonds. The average Bonchev–Trinajstić information content (AvgIpc) is 2.86. The molecule has 8 nitrogen and oxygen atoms in total. The molecule has 0 saturated heterocycles. The standard InChI is InChI=1S/C18H20F3N3O5/c1-3-4-15-14(9-12-5-7-13(8-6-12)24(27)28)17(26)23(11-18(19,20)21)22(15)10-16(25)29-2/h5-8H,3-4,9-11H2,1-2H3. The summed E-state index contributed by atoms with van der Waals surface area (Å²) in [5.74, 6) is -0.782. The van der Waals surface area contributed by atoms with E-state index in [9.17, 15) is 32.9 Å². The van der Waals surface area contributed by atoms with Crippen molar-refractivity contribution in [2.75, 3.05) is 7.11 Å². The Labute approximate surface area is 163 Å². The van der Waals surface area contributed by atoms with Crippen LogP contribution in [0.4, 0.5) is 18.9 Å². The van der Waals surface area contributed by atoms with Crippen LogP contribution in [-0.2, 0) is 35.5 Å². The van der Waals surface area contributed by atoms with Gasteiger partial charge in [-0.25, -0.2) is 4.68 Å². The van der Waals surface area contributed by atoms with Gasteiger partial charge in [0.1, 0.15) is 13.1 Å². The second kappa shape index (κ2) is 8.93. The lowest BCUT2D eigenvalue weighted by atomic mass is 10.0. The topological polar surface area (TPSA) is 96.4 Å². The highest BCUT2D eigenvalue weighted by Gasteiger charge is 2.32. The summed E-state index contributed by atoms with van der Waals surface area (Å²) < 4.78 is 45.2. The largest absolute Gasteiger partial charge is 0.468 e. The Morgan fingerprint density at radius 3 is 2.31 bits per heavy atom. The molecular formula is C18H20F3N3O5. The number of nitro groups is 1. The van der Waals surface area contributed by atoms with E-state index in [1.54, 1.807) is 6.92 Å². The fraction of sp³-hybridized carbons (Fsp3) is 0.444. The van der Waals surface area contributed by atoms with Crippen LogP contribution in [0.25, 0.3) is 0 Å². The number of hydrogen-bond donors (Lipinski definition) is 0. The van der Waals surface area contributed by atoms with Gasteiger partial charge in [0.25, 0.3) is 11.2 Å². The number of aromatic nitrogens is 2. The van der Waals surface area contributed by atoms with Gasteiger partial charge in [0.2, 0.25) is 0 Å². The highest BCUT2D eigenvalue weighted by Crippen LogP contribution is 2.21. The molecule has 0 aliphatic carbocycles. The minimum atomic E-state index is -4.66. The molecule has 0 radical (unpaired) electrons. The zero-order valence-corrected chi connectivity index (χ0v) is 15.9. The molecule has 0 fully saturated rings. The van der Waals surface area contributed by atoms with E-state index < -0.39 is 35.7 Å². The van der Waals surface area contributed by atoms with Gasteiger partial charge in [-0.3, -0.25) is 24.4 Å². The van der Waals surface area contributed by atoms with E-state index >= 15 is 0 Å². The molecule has 0 spiro atoms. The number of nitrogens with zero attached hydrogens (tertiary/aromatic N) is 3. The monoisotopic (exact) mass is 415 g/mol. The molecule has 0 atom stereocenters. The van der Waals surface area contributed by atoms with Crippen LogP contribution < -0.4 is 5.56 Å². The number of non-ortho nitro benzene ring substituents is 1. The summed E-state index contributed by atoms with van der Waals surface area (Å²) in [7, 11) is 1.11. The highest BCUT2D eigenvalue weighted by molar-refractivity contribution is 5.69. The summed E-state index contributed by atoms with van der Waals surface area (Å²) in [4.78, 5) is 34.7. The second-order valence-electron chi connectivity index (χ2n) is 6.39. The Bertz CT molecular complexity index is 945. The number of esters is 1. The van der Waals surface area contributed by atoms with Crippen molar-refractivity contribution >= 4 is 11.7 Å². The van der Waals surface area contributed by atoms with Crippen molar-refractivity contribution in [1.82, 2.24) is 9.36 Å². The maximum Gasteiger partial charge on any atom is 0.408 e. The number of carbonyl (C=O) groups excluding carboxylic acids is 1. The van der Waals surface area contributed by atoms with E-state index in [-0.39, 0.29) is 24.1 Å². The number of alkyl halides is 3. The molecule has 29 heavy (non-hydrogen) atoms. The van der Waals surface area contributed by atoms with Gasteiger partial charge in [-0.2, -0.15) is 13.2 Å². The normalized spacial score (nSPS) is 11.5. The molecule has 1 aromatic carbocycles. The fourth-order valence-electron chi connectivity index (χ4n) is 3.02. The highest BCUT2D eigenvalue weighted by atomic mass is 19.4. The van der Waals surface area contributed by atoms with Crippen LogP contribution in [0.5, 0.6) is 0 Å². The van der Waals surface area contributed by atoms with Crippen molar-refractivity contribution < 1.29 is 27.6 Å². The first-order valence-electron chi connectivity index (χ1n) is 8.75. The summed E-state index contributed by atoms with van der Waals surface area (Å²) in [5, 5.41) is 10.8. The van der Waals surface area contributed by atoms with Crippen molar-refractivity contribution in [2.45, 2.75) is 45.5 Å². The first kappa shape index (κ1) is 22.2. The molecule has 0 aliphatic rings. The maximum absolute atomic E-state index is 13.0. The second-order valence-corrected chi connectivity index (χ2v) is 6.39. The lowest BCUT2D eigenvalue weighted by Gasteiger charge is -2.15. The zero-order chi connectivity index (χ0) is 21.8. The Hall–Kier alpha value is -3.11. The molecule has 158 valence electrons. The van der Waals surface area contributed by atoms with Gasteiger partial charge < -0.3 is 4.74 Å². The summed E-state index contributed by atoms with van der Waals surface area (Å²) in [5.41, 5.74) is -0.0351. The van der Waals surface area contributed by atoms with E-state index in [2.05, 4.69) is 4.74 Å². The van der Waals surface area contributed by atoms with Crippen LogP contribution in [0.3, 0.4) is 0 Å². The molecule has 0 N–H and O–H groups in total. The van der Waals surface area contributed by atoms with Crippen molar-refractivity contribution in [3.63, 3.8) is 0 Å². The maximum atomic E-state index is 13.0. The molecule has 1 aromatic heterocycles. The molecule has 11 heteroatoms. The van der Waals surface area contributed by atoms with Gasteiger partial charge in [-0.15, -0.1) is 0 Å². The van der Waals surface area contributed by atoms with Gasteiger partial charge in [0, 0.05) is 29.8 Å². The van der Waals surface area contributed by atoms with Gasteiger partial charge in [-0.1, -0.05) is 25.5 Å². The Kier molecular flexibility index (Phi) is 6.83. The van der Waals surface area contributed by atoms with Crippen LogP contribution in [-0.4, -0.2) is 33.5 Å². The molecule has 1 heterocycles. The van der Waals surface area contributed by atoms with Crippen molar-refractivity contribution in [1.29, 1.82) is 0 Å². The molecule has 0 aliphatic heterocycles. The average molecular weight is 415 g/mol. The van der Waals surface area contributed by atoms with Gasteiger partial charge in [0.15, 0.2) is 0 Å². The van der Waals surface area contributed by atoms with Crippen LogP contribution in [0.15, 0.2) is 29.1 Å². The molecular weight excluding hydrogens is 395 g/mol. The van der Waals surface area contributed by atoms with E-state index in [1.807, 2.05) is 0 Å². The van der Waals surface area contributed by atoms with E-state index in [0.717, 1.165) is 11.8 Å². The SMILES string of the molecule is CCCc1c(Cc2ccc([N+](=O)[O-])cc2)c(=O)n(CC(F)(F)F)n1CC(=O)OC. The first-order chi connectivity index (χ1) is 13.6. The fourth-order valence-corrected chi connectivity index (χ4v) is 3.02. The van der Waals surface area contributed by atoms with E-state index in [1.165, 1.54) is 24.3 Å². The third kappa shape index (κ3) is 5.46.